The van der Waals surface area contributed by atoms with Crippen molar-refractivity contribution in [1.82, 2.24) is 4.90 Å². The van der Waals surface area contributed by atoms with E-state index < -0.39 is 11.8 Å². The maximum absolute atomic E-state index is 12.9. The van der Waals surface area contributed by atoms with Gasteiger partial charge in [-0.1, -0.05) is 0 Å². The van der Waals surface area contributed by atoms with Gasteiger partial charge in [0.1, 0.15) is 0 Å². The zero-order chi connectivity index (χ0) is 10.1. The molecule has 13 heavy (non-hydrogen) atoms. The lowest BCUT2D eigenvalue weighted by molar-refractivity contribution is -0.140. The third-order valence-electron chi connectivity index (χ3n) is 2.43. The fourth-order valence-corrected chi connectivity index (χ4v) is 1.75. The largest absolute Gasteiger partial charge is 0.349 e. The van der Waals surface area contributed by atoms with Crippen LogP contribution in [0.5, 0.6) is 0 Å². The quantitative estimate of drug-likeness (QED) is 0.620. The number of rotatable bonds is 1. The summed E-state index contributed by atoms with van der Waals surface area (Å²) >= 11 is 0. The fourth-order valence-electron chi connectivity index (χ4n) is 1.75. The molecule has 1 amide bonds. The lowest BCUT2D eigenvalue weighted by Crippen LogP contribution is -2.36. The van der Waals surface area contributed by atoms with Crippen LogP contribution in [-0.4, -0.2) is 30.8 Å². The zero-order valence-electron chi connectivity index (χ0n) is 8.02. The summed E-state index contributed by atoms with van der Waals surface area (Å²) < 4.78 is 25.8. The topological polar surface area (TPSA) is 20.3 Å². The van der Waals surface area contributed by atoms with Gasteiger partial charge in [-0.05, 0) is 12.8 Å². The molecule has 0 N–H and O–H groups in total. The van der Waals surface area contributed by atoms with E-state index in [2.05, 4.69) is 0 Å². The molecule has 0 aromatic rings. The maximum atomic E-state index is 12.9. The molecular formula is C9H15F2NO. The molecule has 1 rings (SSSR count). The molecule has 4 heteroatoms. The van der Waals surface area contributed by atoms with Gasteiger partial charge in [-0.25, -0.2) is 8.78 Å². The molecule has 1 fully saturated rings. The Morgan fingerprint density at radius 2 is 2.08 bits per heavy atom. The summed E-state index contributed by atoms with van der Waals surface area (Å²) in [4.78, 5) is 12.8. The van der Waals surface area contributed by atoms with Crippen molar-refractivity contribution in [1.29, 1.82) is 0 Å². The molecule has 0 spiro atoms. The molecule has 1 aliphatic rings. The summed E-state index contributed by atoms with van der Waals surface area (Å²) in [7, 11) is 3.21. The van der Waals surface area contributed by atoms with E-state index in [4.69, 9.17) is 0 Å². The fraction of sp³-hybridized carbons (Fsp3) is 0.889. The predicted molar refractivity (Wildman–Crippen MR) is 45.6 cm³/mol. The molecular weight excluding hydrogens is 176 g/mol. The van der Waals surface area contributed by atoms with Crippen LogP contribution in [0.2, 0.25) is 0 Å². The van der Waals surface area contributed by atoms with Crippen molar-refractivity contribution in [3.63, 3.8) is 0 Å². The Hall–Kier alpha value is -0.670. The number of hydrogen-bond donors (Lipinski definition) is 0. The van der Waals surface area contributed by atoms with E-state index in [1.165, 1.54) is 4.90 Å². The lowest BCUT2D eigenvalue weighted by atomic mass is 9.86. The number of alkyl halides is 2. The first-order chi connectivity index (χ1) is 5.92. The van der Waals surface area contributed by atoms with Crippen LogP contribution in [0.4, 0.5) is 8.78 Å². The van der Waals surface area contributed by atoms with Crippen LogP contribution >= 0.6 is 0 Å². The van der Waals surface area contributed by atoms with E-state index in [0.29, 0.717) is 12.8 Å². The number of carbonyl (C=O) groups is 1. The molecule has 1 aliphatic carbocycles. The number of amides is 1. The lowest BCUT2D eigenvalue weighted by Gasteiger charge is -2.29. The van der Waals surface area contributed by atoms with Gasteiger partial charge in [0.25, 0.3) is 0 Å². The molecule has 0 aromatic carbocycles. The second kappa shape index (κ2) is 3.60. The van der Waals surface area contributed by atoms with Gasteiger partial charge in [0.2, 0.25) is 11.8 Å². The number of halogens is 2. The van der Waals surface area contributed by atoms with Crippen molar-refractivity contribution in [3.8, 4) is 0 Å². The molecule has 1 atom stereocenters. The second-order valence-corrected chi connectivity index (χ2v) is 3.88. The molecule has 1 saturated carbocycles. The van der Waals surface area contributed by atoms with Gasteiger partial charge < -0.3 is 4.90 Å². The maximum Gasteiger partial charge on any atom is 0.248 e. The van der Waals surface area contributed by atoms with Crippen LogP contribution in [0.25, 0.3) is 0 Å². The van der Waals surface area contributed by atoms with Gasteiger partial charge >= 0.3 is 0 Å². The van der Waals surface area contributed by atoms with Crippen molar-refractivity contribution in [2.75, 3.05) is 14.1 Å². The molecule has 0 heterocycles. The highest BCUT2D eigenvalue weighted by Gasteiger charge is 2.39. The Kier molecular flexibility index (Phi) is 2.88. The summed E-state index contributed by atoms with van der Waals surface area (Å²) in [6.45, 7) is 0. The molecule has 0 aromatic heterocycles. The Labute approximate surface area is 76.9 Å². The summed E-state index contributed by atoms with van der Waals surface area (Å²) in [6, 6.07) is 0. The summed E-state index contributed by atoms with van der Waals surface area (Å²) in [5.41, 5.74) is 0. The van der Waals surface area contributed by atoms with Crippen LogP contribution in [-0.2, 0) is 4.79 Å². The minimum Gasteiger partial charge on any atom is -0.349 e. The summed E-state index contributed by atoms with van der Waals surface area (Å²) in [5.74, 6) is -3.27. The van der Waals surface area contributed by atoms with Crippen molar-refractivity contribution in [2.24, 2.45) is 5.92 Å². The monoisotopic (exact) mass is 191 g/mol. The molecule has 0 saturated heterocycles. The van der Waals surface area contributed by atoms with Crippen molar-refractivity contribution in [2.45, 2.75) is 31.6 Å². The first-order valence-electron chi connectivity index (χ1n) is 4.51. The third-order valence-corrected chi connectivity index (χ3v) is 2.43. The third kappa shape index (κ3) is 2.64. The smallest absolute Gasteiger partial charge is 0.248 e. The van der Waals surface area contributed by atoms with E-state index in [9.17, 15) is 13.6 Å². The molecule has 0 radical (unpaired) electrons. The van der Waals surface area contributed by atoms with Crippen LogP contribution in [0.3, 0.4) is 0 Å². The van der Waals surface area contributed by atoms with Gasteiger partial charge in [-0.15, -0.1) is 0 Å². The van der Waals surface area contributed by atoms with Gasteiger partial charge in [0.15, 0.2) is 0 Å². The highest BCUT2D eigenvalue weighted by atomic mass is 19.3. The molecule has 76 valence electrons. The SMILES string of the molecule is CN(C)C(=O)C1CCCC(F)(F)C1. The first-order valence-corrected chi connectivity index (χ1v) is 4.51. The minimum atomic E-state index is -2.63. The number of hydrogen-bond acceptors (Lipinski definition) is 1. The van der Waals surface area contributed by atoms with Gasteiger partial charge in [0.05, 0.1) is 0 Å². The Bertz CT molecular complexity index is 204. The van der Waals surface area contributed by atoms with Crippen molar-refractivity contribution < 1.29 is 13.6 Å². The van der Waals surface area contributed by atoms with Crippen LogP contribution in [0.1, 0.15) is 25.7 Å². The molecule has 2 nitrogen and oxygen atoms in total. The minimum absolute atomic E-state index is 0.0653. The van der Waals surface area contributed by atoms with E-state index in [0.717, 1.165) is 0 Å². The number of carbonyl (C=O) groups excluding carboxylic acids is 1. The molecule has 0 bridgehead atoms. The van der Waals surface area contributed by atoms with Crippen molar-refractivity contribution in [3.05, 3.63) is 0 Å². The Morgan fingerprint density at radius 1 is 1.46 bits per heavy atom. The molecule has 0 aliphatic heterocycles. The summed E-state index contributed by atoms with van der Waals surface area (Å²) in [5, 5.41) is 0. The van der Waals surface area contributed by atoms with Crippen LogP contribution in [0.15, 0.2) is 0 Å². The van der Waals surface area contributed by atoms with Crippen LogP contribution in [0, 0.1) is 5.92 Å². The zero-order valence-corrected chi connectivity index (χ0v) is 8.02. The first kappa shape index (κ1) is 10.4. The van der Waals surface area contributed by atoms with Gasteiger partial charge in [0, 0.05) is 32.9 Å². The summed E-state index contributed by atoms with van der Waals surface area (Å²) in [6.07, 6.45) is 0.720. The highest BCUT2D eigenvalue weighted by Crippen LogP contribution is 2.37. The normalized spacial score (nSPS) is 26.9. The predicted octanol–water partition coefficient (Wildman–Crippen LogP) is 1.90. The average Bonchev–Trinajstić information content (AvgIpc) is 2.01. The van der Waals surface area contributed by atoms with Crippen LogP contribution < -0.4 is 0 Å². The van der Waals surface area contributed by atoms with E-state index >= 15 is 0 Å². The van der Waals surface area contributed by atoms with Crippen molar-refractivity contribution >= 4 is 5.91 Å². The van der Waals surface area contributed by atoms with E-state index in [-0.39, 0.29) is 18.7 Å². The van der Waals surface area contributed by atoms with E-state index in [1.807, 2.05) is 0 Å². The average molecular weight is 191 g/mol. The second-order valence-electron chi connectivity index (χ2n) is 3.88. The van der Waals surface area contributed by atoms with Gasteiger partial charge in [-0.2, -0.15) is 0 Å². The molecule has 1 unspecified atom stereocenters. The van der Waals surface area contributed by atoms with Gasteiger partial charge in [-0.3, -0.25) is 4.79 Å². The Balaban J connectivity index is 2.57. The number of nitrogens with zero attached hydrogens (tertiary/aromatic N) is 1. The highest BCUT2D eigenvalue weighted by molar-refractivity contribution is 5.78. The van der Waals surface area contributed by atoms with E-state index in [1.54, 1.807) is 14.1 Å². The standard InChI is InChI=1S/C9H15F2NO/c1-12(2)8(13)7-4-3-5-9(10,11)6-7/h7H,3-6H2,1-2H3. The Morgan fingerprint density at radius 3 is 2.54 bits per heavy atom.